The average Bonchev–Trinajstić information content (AvgIpc) is 2.76. The second-order valence-corrected chi connectivity index (χ2v) is 8.66. The van der Waals surface area contributed by atoms with Crippen molar-refractivity contribution in [2.24, 2.45) is 0 Å². The highest BCUT2D eigenvalue weighted by molar-refractivity contribution is 5.68. The van der Waals surface area contributed by atoms with E-state index >= 15 is 0 Å². The molecule has 4 aromatic rings. The summed E-state index contributed by atoms with van der Waals surface area (Å²) in [5.41, 5.74) is 9.54. The molecule has 32 heavy (non-hydrogen) atoms. The predicted octanol–water partition coefficient (Wildman–Crippen LogP) is 8.79. The first-order valence-corrected chi connectivity index (χ1v) is 11.0. The molecule has 2 heteroatoms. The molecule has 4 rings (SSSR count). The molecule has 162 valence electrons. The van der Waals surface area contributed by atoms with Crippen LogP contribution in [0.4, 0.5) is 0 Å². The van der Waals surface area contributed by atoms with E-state index in [0.717, 1.165) is 45.3 Å². The van der Waals surface area contributed by atoms with Crippen LogP contribution in [-0.2, 0) is 0 Å². The van der Waals surface area contributed by atoms with Gasteiger partial charge in [-0.1, -0.05) is 24.3 Å². The Balaban J connectivity index is 1.54. The molecule has 0 saturated heterocycles. The van der Waals surface area contributed by atoms with Gasteiger partial charge in [-0.2, -0.15) is 0 Å². The molecule has 0 aliphatic carbocycles. The topological polar surface area (TPSA) is 18.5 Å². The van der Waals surface area contributed by atoms with Crippen molar-refractivity contribution in [1.82, 2.24) is 0 Å². The highest BCUT2D eigenvalue weighted by atomic mass is 16.5. The Hall–Kier alpha value is -3.52. The third-order valence-electron chi connectivity index (χ3n) is 6.10. The van der Waals surface area contributed by atoms with Gasteiger partial charge in [0, 0.05) is 0 Å². The lowest BCUT2D eigenvalue weighted by atomic mass is 10.0. The number of aryl methyl sites for hydroxylation is 6. The van der Waals surface area contributed by atoms with E-state index in [1.54, 1.807) is 0 Å². The summed E-state index contributed by atoms with van der Waals surface area (Å²) in [6, 6.07) is 25.1. The Kier molecular flexibility index (Phi) is 6.05. The van der Waals surface area contributed by atoms with Crippen LogP contribution in [0.2, 0.25) is 0 Å². The maximum absolute atomic E-state index is 6.14. The molecule has 0 saturated carbocycles. The lowest BCUT2D eigenvalue weighted by Crippen LogP contribution is -1.92. The van der Waals surface area contributed by atoms with Crippen LogP contribution in [0.5, 0.6) is 23.0 Å². The van der Waals surface area contributed by atoms with Gasteiger partial charge in [0.25, 0.3) is 0 Å². The van der Waals surface area contributed by atoms with Crippen molar-refractivity contribution in [1.29, 1.82) is 0 Å². The molecule has 4 aromatic carbocycles. The van der Waals surface area contributed by atoms with E-state index in [1.165, 1.54) is 22.3 Å². The molecular formula is C30H30O2. The van der Waals surface area contributed by atoms with Crippen molar-refractivity contribution in [2.75, 3.05) is 0 Å². The van der Waals surface area contributed by atoms with E-state index in [0.29, 0.717) is 0 Å². The molecule has 0 unspecified atom stereocenters. The zero-order valence-electron chi connectivity index (χ0n) is 19.7. The third-order valence-corrected chi connectivity index (χ3v) is 6.10. The summed E-state index contributed by atoms with van der Waals surface area (Å²) in [6.45, 7) is 12.6. The van der Waals surface area contributed by atoms with Gasteiger partial charge in [-0.05, 0) is 135 Å². The van der Waals surface area contributed by atoms with Crippen LogP contribution in [0.15, 0.2) is 72.8 Å². The van der Waals surface area contributed by atoms with Gasteiger partial charge >= 0.3 is 0 Å². The highest BCUT2D eigenvalue weighted by Crippen LogP contribution is 2.33. The maximum atomic E-state index is 6.14. The van der Waals surface area contributed by atoms with Gasteiger partial charge in [0.2, 0.25) is 0 Å². The van der Waals surface area contributed by atoms with Crippen molar-refractivity contribution in [3.05, 3.63) is 106 Å². The zero-order chi connectivity index (χ0) is 22.8. The Labute approximate surface area is 191 Å². The molecule has 0 spiro atoms. The SMILES string of the molecule is Cc1ccc(Oc2ccc(-c3ccc(Oc4ccc(C)c(C)c4)c(C)c3)cc2C)cc1C. The molecule has 0 N–H and O–H groups in total. The Bertz CT molecular complexity index is 1180. The summed E-state index contributed by atoms with van der Waals surface area (Å²) in [7, 11) is 0. The summed E-state index contributed by atoms with van der Waals surface area (Å²) in [4.78, 5) is 0. The minimum absolute atomic E-state index is 0.868. The largest absolute Gasteiger partial charge is 0.457 e. The van der Waals surface area contributed by atoms with Crippen molar-refractivity contribution in [3.63, 3.8) is 0 Å². The normalized spacial score (nSPS) is 10.8. The van der Waals surface area contributed by atoms with E-state index in [1.807, 2.05) is 12.1 Å². The zero-order valence-corrected chi connectivity index (χ0v) is 19.7. The molecule has 0 heterocycles. The standard InChI is InChI=1S/C30H30O2/c1-19-7-11-27(17-21(19)3)31-29-13-9-25(15-23(29)5)26-10-14-30(24(6)16-26)32-28-12-8-20(2)22(4)18-28/h7-18H,1-6H3. The molecule has 0 aliphatic heterocycles. The van der Waals surface area contributed by atoms with Gasteiger partial charge in [0.1, 0.15) is 23.0 Å². The van der Waals surface area contributed by atoms with Crippen LogP contribution in [0.25, 0.3) is 11.1 Å². The number of benzene rings is 4. The molecule has 0 atom stereocenters. The lowest BCUT2D eigenvalue weighted by molar-refractivity contribution is 0.478. The van der Waals surface area contributed by atoms with Crippen LogP contribution in [-0.4, -0.2) is 0 Å². The van der Waals surface area contributed by atoms with Crippen molar-refractivity contribution >= 4 is 0 Å². The first kappa shape index (κ1) is 21.7. The fraction of sp³-hybridized carbons (Fsp3) is 0.200. The van der Waals surface area contributed by atoms with Gasteiger partial charge < -0.3 is 9.47 Å². The van der Waals surface area contributed by atoms with Gasteiger partial charge in [-0.15, -0.1) is 0 Å². The van der Waals surface area contributed by atoms with E-state index in [4.69, 9.17) is 9.47 Å². The van der Waals surface area contributed by atoms with Crippen molar-refractivity contribution < 1.29 is 9.47 Å². The summed E-state index contributed by atoms with van der Waals surface area (Å²) in [5, 5.41) is 0. The lowest BCUT2D eigenvalue weighted by Gasteiger charge is -2.14. The average molecular weight is 423 g/mol. The first-order chi connectivity index (χ1) is 15.3. The fourth-order valence-electron chi connectivity index (χ4n) is 3.70. The monoisotopic (exact) mass is 422 g/mol. The highest BCUT2D eigenvalue weighted by Gasteiger charge is 2.09. The van der Waals surface area contributed by atoms with E-state index in [9.17, 15) is 0 Å². The van der Waals surface area contributed by atoms with Crippen LogP contribution in [0.1, 0.15) is 33.4 Å². The predicted molar refractivity (Wildman–Crippen MR) is 133 cm³/mol. The van der Waals surface area contributed by atoms with Crippen LogP contribution in [0.3, 0.4) is 0 Å². The Morgan fingerprint density at radius 1 is 0.375 bits per heavy atom. The van der Waals surface area contributed by atoms with E-state index in [2.05, 4.69) is 102 Å². The molecule has 0 aromatic heterocycles. The third kappa shape index (κ3) is 4.70. The molecular weight excluding hydrogens is 392 g/mol. The summed E-state index contributed by atoms with van der Waals surface area (Å²) in [5.74, 6) is 3.49. The van der Waals surface area contributed by atoms with Crippen LogP contribution in [0, 0.1) is 41.5 Å². The first-order valence-electron chi connectivity index (χ1n) is 11.0. The quantitative estimate of drug-likeness (QED) is 0.320. The number of hydrogen-bond donors (Lipinski definition) is 0. The minimum Gasteiger partial charge on any atom is -0.457 e. The van der Waals surface area contributed by atoms with E-state index < -0.39 is 0 Å². The fourth-order valence-corrected chi connectivity index (χ4v) is 3.70. The van der Waals surface area contributed by atoms with Crippen LogP contribution < -0.4 is 9.47 Å². The van der Waals surface area contributed by atoms with E-state index in [-0.39, 0.29) is 0 Å². The molecule has 0 radical (unpaired) electrons. The molecule has 0 amide bonds. The number of rotatable bonds is 5. The molecule has 0 aliphatic rings. The molecule has 2 nitrogen and oxygen atoms in total. The summed E-state index contributed by atoms with van der Waals surface area (Å²) in [6.07, 6.45) is 0. The second-order valence-electron chi connectivity index (χ2n) is 8.66. The summed E-state index contributed by atoms with van der Waals surface area (Å²) >= 11 is 0. The maximum Gasteiger partial charge on any atom is 0.130 e. The van der Waals surface area contributed by atoms with Gasteiger partial charge in [-0.3, -0.25) is 0 Å². The van der Waals surface area contributed by atoms with Crippen molar-refractivity contribution in [2.45, 2.75) is 41.5 Å². The Morgan fingerprint density at radius 3 is 1.12 bits per heavy atom. The van der Waals surface area contributed by atoms with Gasteiger partial charge in [-0.25, -0.2) is 0 Å². The number of ether oxygens (including phenoxy) is 2. The Morgan fingerprint density at radius 2 is 0.781 bits per heavy atom. The smallest absolute Gasteiger partial charge is 0.130 e. The van der Waals surface area contributed by atoms with Gasteiger partial charge in [0.15, 0.2) is 0 Å². The molecule has 0 bridgehead atoms. The summed E-state index contributed by atoms with van der Waals surface area (Å²) < 4.78 is 12.3. The molecule has 0 fully saturated rings. The number of hydrogen-bond acceptors (Lipinski definition) is 2. The van der Waals surface area contributed by atoms with Crippen LogP contribution >= 0.6 is 0 Å². The van der Waals surface area contributed by atoms with Crippen molar-refractivity contribution in [3.8, 4) is 34.1 Å². The minimum atomic E-state index is 0.868. The van der Waals surface area contributed by atoms with Gasteiger partial charge in [0.05, 0.1) is 0 Å². The second kappa shape index (κ2) is 8.92.